The molecule has 1 aliphatic carbocycles. The summed E-state index contributed by atoms with van der Waals surface area (Å²) in [5.41, 5.74) is 9.76. The van der Waals surface area contributed by atoms with Gasteiger partial charge in [-0.1, -0.05) is 0 Å². The molecule has 0 radical (unpaired) electrons. The third-order valence-corrected chi connectivity index (χ3v) is 14.3. The summed E-state index contributed by atoms with van der Waals surface area (Å²) in [4.78, 5) is 2.57. The third-order valence-electron chi connectivity index (χ3n) is 7.79. The summed E-state index contributed by atoms with van der Waals surface area (Å²) in [5, 5.41) is 12.3. The van der Waals surface area contributed by atoms with Gasteiger partial charge in [0.05, 0.1) is 0 Å². The Morgan fingerprint density at radius 1 is 0.941 bits per heavy atom. The van der Waals surface area contributed by atoms with Crippen LogP contribution < -0.4 is 4.57 Å². The zero-order valence-corrected chi connectivity index (χ0v) is 22.4. The first-order valence-electron chi connectivity index (χ1n) is 12.2. The molecule has 168 valence electrons. The molecule has 3 heterocycles. The van der Waals surface area contributed by atoms with E-state index in [1.807, 2.05) is 12.1 Å². The molecule has 3 nitrogen and oxygen atoms in total. The van der Waals surface area contributed by atoms with E-state index < -0.39 is 13.3 Å². The predicted molar refractivity (Wildman–Crippen MR) is 141 cm³/mol. The number of hydrogen-bond acceptors (Lipinski definition) is 2. The molecule has 0 fully saturated rings. The van der Waals surface area contributed by atoms with Crippen LogP contribution in [0.15, 0.2) is 68.0 Å². The molecule has 4 heteroatoms. The van der Waals surface area contributed by atoms with Crippen molar-refractivity contribution in [2.45, 2.75) is 44.1 Å². The molecule has 2 aliphatic rings. The number of fused-ring (bicyclic) bond motifs is 3. The van der Waals surface area contributed by atoms with Crippen molar-refractivity contribution in [2.75, 3.05) is 0 Å². The van der Waals surface area contributed by atoms with Gasteiger partial charge in [0.2, 0.25) is 0 Å². The zero-order valence-electron chi connectivity index (χ0n) is 20.3. The molecule has 4 aromatic rings. The van der Waals surface area contributed by atoms with Gasteiger partial charge in [0, 0.05) is 0 Å². The predicted octanol–water partition coefficient (Wildman–Crippen LogP) is 7.31. The molecule has 0 bridgehead atoms. The number of nitrogens with zero attached hydrogens (tertiary/aromatic N) is 2. The Hall–Kier alpha value is -3.10. The summed E-state index contributed by atoms with van der Waals surface area (Å²) in [5.74, 6) is 4.99. The number of hydrogen-bond donors (Lipinski definition) is 0. The average molecular weight is 506 g/mol. The summed E-state index contributed by atoms with van der Waals surface area (Å²) < 4.78 is 10.7. The van der Waals surface area contributed by atoms with Crippen LogP contribution in [0, 0.1) is 18.3 Å². The minimum atomic E-state index is -2.20. The standard InChI is InChI=1S/C30H29GeN2O/c1-19-12-14-22-23-15-13-20(18-32)28(24-17-31(2,3)25-10-6-5-9-21(24)25)30(23)34-29(22)27(19)26-11-7-8-16-33(26)4/h7-8,11-17H,5-6,9-10H2,1-4H3/q+1. The fourth-order valence-corrected chi connectivity index (χ4v) is 12.6. The number of aryl methyl sites for hydroxylation is 2. The van der Waals surface area contributed by atoms with Gasteiger partial charge in [-0.3, -0.25) is 0 Å². The Kier molecular flexibility index (Phi) is 4.86. The normalized spacial score (nSPS) is 17.2. The van der Waals surface area contributed by atoms with Gasteiger partial charge in [0.15, 0.2) is 0 Å². The van der Waals surface area contributed by atoms with Crippen LogP contribution in [-0.2, 0) is 7.05 Å². The molecule has 0 spiro atoms. The second kappa shape index (κ2) is 7.71. The van der Waals surface area contributed by atoms with Crippen LogP contribution in [0.1, 0.15) is 42.4 Å². The van der Waals surface area contributed by atoms with E-state index in [-0.39, 0.29) is 0 Å². The Bertz CT molecular complexity index is 1610. The van der Waals surface area contributed by atoms with Crippen molar-refractivity contribution in [3.8, 4) is 17.3 Å². The molecule has 2 aromatic carbocycles. The summed E-state index contributed by atoms with van der Waals surface area (Å²) >= 11 is -2.20. The Labute approximate surface area is 203 Å². The molecule has 6 rings (SSSR count). The molecule has 0 atom stereocenters. The van der Waals surface area contributed by atoms with Gasteiger partial charge in [-0.05, 0) is 0 Å². The molecule has 0 unspecified atom stereocenters. The van der Waals surface area contributed by atoms with E-state index in [0.717, 1.165) is 50.7 Å². The topological polar surface area (TPSA) is 40.8 Å². The van der Waals surface area contributed by atoms with Crippen LogP contribution in [0.3, 0.4) is 0 Å². The van der Waals surface area contributed by atoms with Crippen molar-refractivity contribution >= 4 is 40.8 Å². The van der Waals surface area contributed by atoms with Gasteiger partial charge in [-0.25, -0.2) is 0 Å². The van der Waals surface area contributed by atoms with Gasteiger partial charge in [0.25, 0.3) is 0 Å². The second-order valence-electron chi connectivity index (χ2n) is 10.4. The molecular formula is C30H29GeN2O+. The van der Waals surface area contributed by atoms with Gasteiger partial charge in [-0.15, -0.1) is 0 Å². The van der Waals surface area contributed by atoms with Crippen LogP contribution in [-0.4, -0.2) is 13.3 Å². The van der Waals surface area contributed by atoms with Crippen molar-refractivity contribution in [2.24, 2.45) is 7.05 Å². The molecule has 0 amide bonds. The molecule has 1 aliphatic heterocycles. The summed E-state index contributed by atoms with van der Waals surface area (Å²) in [6, 6.07) is 17.2. The summed E-state index contributed by atoms with van der Waals surface area (Å²) in [6.07, 6.45) is 6.96. The molecule has 0 saturated heterocycles. The fourth-order valence-electron chi connectivity index (χ4n) is 6.14. The number of nitriles is 1. The molecule has 2 aromatic heterocycles. The maximum atomic E-state index is 10.1. The molecule has 0 N–H and O–H groups in total. The number of furan rings is 1. The fraction of sp³-hybridized carbons (Fsp3) is 0.267. The Morgan fingerprint density at radius 2 is 1.68 bits per heavy atom. The van der Waals surface area contributed by atoms with E-state index in [4.69, 9.17) is 4.42 Å². The van der Waals surface area contributed by atoms with Crippen molar-refractivity contribution in [3.05, 3.63) is 80.2 Å². The van der Waals surface area contributed by atoms with Gasteiger partial charge < -0.3 is 0 Å². The Morgan fingerprint density at radius 3 is 2.44 bits per heavy atom. The average Bonchev–Trinajstić information content (AvgIpc) is 3.34. The SMILES string of the molecule is Cc1ccc2c(oc3c(C4=[CH][Ge]([CH3])([CH3])[C]5=C4CCCC5)c(C#N)ccc32)c1-c1cccc[n+]1C. The number of aromatic nitrogens is 1. The minimum absolute atomic E-state index is 0.721. The molecule has 34 heavy (non-hydrogen) atoms. The van der Waals surface area contributed by atoms with Crippen molar-refractivity contribution in [3.63, 3.8) is 0 Å². The van der Waals surface area contributed by atoms with Gasteiger partial charge in [0.1, 0.15) is 0 Å². The van der Waals surface area contributed by atoms with E-state index in [0.29, 0.717) is 0 Å². The van der Waals surface area contributed by atoms with E-state index in [9.17, 15) is 5.26 Å². The number of pyridine rings is 1. The molecule has 0 saturated carbocycles. The van der Waals surface area contributed by atoms with Crippen LogP contribution >= 0.6 is 0 Å². The van der Waals surface area contributed by atoms with E-state index in [1.54, 1.807) is 4.41 Å². The van der Waals surface area contributed by atoms with E-state index in [2.05, 4.69) is 77.6 Å². The first-order chi connectivity index (χ1) is 16.4. The zero-order chi connectivity index (χ0) is 23.6. The molecular weight excluding hydrogens is 477 g/mol. The quantitative estimate of drug-likeness (QED) is 0.211. The van der Waals surface area contributed by atoms with Crippen molar-refractivity contribution < 1.29 is 8.98 Å². The number of rotatable bonds is 2. The van der Waals surface area contributed by atoms with Crippen LogP contribution in [0.5, 0.6) is 0 Å². The van der Waals surface area contributed by atoms with E-state index >= 15 is 0 Å². The van der Waals surface area contributed by atoms with Crippen molar-refractivity contribution in [1.82, 2.24) is 0 Å². The monoisotopic (exact) mass is 507 g/mol. The first-order valence-corrected chi connectivity index (χ1v) is 18.7. The summed E-state index contributed by atoms with van der Waals surface area (Å²) in [7, 11) is 2.07. The Balaban J connectivity index is 1.71. The second-order valence-corrected chi connectivity index (χ2v) is 19.4. The van der Waals surface area contributed by atoms with Gasteiger partial charge in [-0.2, -0.15) is 0 Å². The maximum absolute atomic E-state index is 10.1. The van der Waals surface area contributed by atoms with Gasteiger partial charge >= 0.3 is 204 Å². The third kappa shape index (κ3) is 3.05. The first kappa shape index (κ1) is 21.4. The summed E-state index contributed by atoms with van der Waals surface area (Å²) in [6.45, 7) is 2.14. The number of allylic oxidation sites excluding steroid dienone is 3. The van der Waals surface area contributed by atoms with Crippen LogP contribution in [0.4, 0.5) is 0 Å². The number of benzene rings is 2. The van der Waals surface area contributed by atoms with Crippen LogP contribution in [0.25, 0.3) is 38.8 Å². The van der Waals surface area contributed by atoms with Crippen LogP contribution in [0.2, 0.25) is 11.5 Å². The van der Waals surface area contributed by atoms with E-state index in [1.165, 1.54) is 36.0 Å². The van der Waals surface area contributed by atoms with Crippen molar-refractivity contribution in [1.29, 1.82) is 5.26 Å².